The summed E-state index contributed by atoms with van der Waals surface area (Å²) in [5.41, 5.74) is 2.32. The zero-order chi connectivity index (χ0) is 15.0. The number of ether oxygens (including phenoxy) is 1. The van der Waals surface area contributed by atoms with E-state index in [2.05, 4.69) is 24.8 Å². The first-order chi connectivity index (χ1) is 10.0. The molecule has 4 heteroatoms. The predicted octanol–water partition coefficient (Wildman–Crippen LogP) is 3.54. The summed E-state index contributed by atoms with van der Waals surface area (Å²) in [6.07, 6.45) is 3.58. The van der Waals surface area contributed by atoms with Crippen molar-refractivity contribution in [2.75, 3.05) is 26.7 Å². The van der Waals surface area contributed by atoms with E-state index in [1.54, 1.807) is 7.11 Å². The van der Waals surface area contributed by atoms with Crippen LogP contribution in [-0.4, -0.2) is 36.8 Å². The Balaban J connectivity index is 0.00000176. The maximum absolute atomic E-state index is 10.8. The molecular weight excluding hydrogens is 298 g/mol. The van der Waals surface area contributed by atoms with Crippen LogP contribution in [0.1, 0.15) is 50.3 Å². The highest BCUT2D eigenvalue weighted by Gasteiger charge is 2.46. The van der Waals surface area contributed by atoms with Crippen LogP contribution in [0, 0.1) is 5.92 Å². The molecule has 1 aromatic rings. The van der Waals surface area contributed by atoms with E-state index in [0.29, 0.717) is 0 Å². The lowest BCUT2D eigenvalue weighted by Crippen LogP contribution is -2.40. The highest BCUT2D eigenvalue weighted by molar-refractivity contribution is 5.85. The fourth-order valence-electron chi connectivity index (χ4n) is 4.04. The lowest BCUT2D eigenvalue weighted by Gasteiger charge is -2.36. The van der Waals surface area contributed by atoms with Gasteiger partial charge >= 0.3 is 0 Å². The second kappa shape index (κ2) is 6.77. The van der Waals surface area contributed by atoms with Gasteiger partial charge in [-0.15, -0.1) is 12.4 Å². The van der Waals surface area contributed by atoms with Gasteiger partial charge < -0.3 is 14.7 Å². The summed E-state index contributed by atoms with van der Waals surface area (Å²) in [6.45, 7) is 7.87. The summed E-state index contributed by atoms with van der Waals surface area (Å²) >= 11 is 0. The smallest absolute Gasteiger partial charge is 0.119 e. The number of piperidine rings is 1. The van der Waals surface area contributed by atoms with Gasteiger partial charge in [-0.05, 0) is 54.6 Å². The highest BCUT2D eigenvalue weighted by atomic mass is 35.5. The molecule has 1 fully saturated rings. The maximum atomic E-state index is 10.8. The Morgan fingerprint density at radius 3 is 2.55 bits per heavy atom. The molecule has 1 saturated heterocycles. The zero-order valence-electron chi connectivity index (χ0n) is 13.8. The van der Waals surface area contributed by atoms with Crippen LogP contribution in [-0.2, 0) is 5.41 Å². The largest absolute Gasteiger partial charge is 0.497 e. The molecule has 124 valence electrons. The number of likely N-dealkylation sites (tertiary alicyclic amines) is 1. The van der Waals surface area contributed by atoms with Crippen LogP contribution >= 0.6 is 12.4 Å². The Morgan fingerprint density at radius 2 is 1.91 bits per heavy atom. The quantitative estimate of drug-likeness (QED) is 0.922. The van der Waals surface area contributed by atoms with Crippen molar-refractivity contribution in [1.29, 1.82) is 0 Å². The van der Waals surface area contributed by atoms with Gasteiger partial charge in [0, 0.05) is 12.5 Å². The number of benzene rings is 1. The standard InChI is InChI=1S/C18H27NO2.ClH/c1-18(2)15-11-13(21-3)7-8-14(15)17(20)16(18)12-19-9-5-4-6-10-19;/h7-8,11,16-17,20H,4-6,9-10,12H2,1-3H3;1H. The fraction of sp³-hybridized carbons (Fsp3) is 0.667. The van der Waals surface area contributed by atoms with Gasteiger partial charge in [0.25, 0.3) is 0 Å². The number of nitrogens with zero attached hydrogens (tertiary/aromatic N) is 1. The first kappa shape index (κ1) is 17.6. The van der Waals surface area contributed by atoms with Gasteiger partial charge in [-0.1, -0.05) is 26.3 Å². The van der Waals surface area contributed by atoms with Crippen LogP contribution in [0.5, 0.6) is 5.75 Å². The number of methoxy groups -OCH3 is 1. The molecule has 22 heavy (non-hydrogen) atoms. The predicted molar refractivity (Wildman–Crippen MR) is 92.0 cm³/mol. The lowest BCUT2D eigenvalue weighted by molar-refractivity contribution is 0.0541. The minimum absolute atomic E-state index is 0. The van der Waals surface area contributed by atoms with Gasteiger partial charge in [-0.3, -0.25) is 0 Å². The second-order valence-corrected chi connectivity index (χ2v) is 7.09. The van der Waals surface area contributed by atoms with Gasteiger partial charge in [0.2, 0.25) is 0 Å². The molecule has 2 unspecified atom stereocenters. The second-order valence-electron chi connectivity index (χ2n) is 7.09. The van der Waals surface area contributed by atoms with E-state index in [9.17, 15) is 5.11 Å². The third-order valence-electron chi connectivity index (χ3n) is 5.48. The van der Waals surface area contributed by atoms with Gasteiger partial charge in [-0.25, -0.2) is 0 Å². The monoisotopic (exact) mass is 325 g/mol. The van der Waals surface area contributed by atoms with Crippen molar-refractivity contribution in [3.05, 3.63) is 29.3 Å². The third-order valence-corrected chi connectivity index (χ3v) is 5.48. The molecule has 1 aliphatic carbocycles. The Bertz CT molecular complexity index is 512. The normalized spacial score (nSPS) is 27.1. The topological polar surface area (TPSA) is 32.7 Å². The lowest BCUT2D eigenvalue weighted by atomic mass is 9.77. The third kappa shape index (κ3) is 2.99. The fourth-order valence-corrected chi connectivity index (χ4v) is 4.04. The molecule has 0 aromatic heterocycles. The zero-order valence-corrected chi connectivity index (χ0v) is 14.7. The van der Waals surface area contributed by atoms with E-state index < -0.39 is 0 Å². The van der Waals surface area contributed by atoms with E-state index in [-0.39, 0.29) is 29.8 Å². The summed E-state index contributed by atoms with van der Waals surface area (Å²) in [4.78, 5) is 2.53. The summed E-state index contributed by atoms with van der Waals surface area (Å²) in [5, 5.41) is 10.8. The van der Waals surface area contributed by atoms with Crippen molar-refractivity contribution in [3.63, 3.8) is 0 Å². The van der Waals surface area contributed by atoms with Crippen molar-refractivity contribution >= 4 is 12.4 Å². The number of halogens is 1. The number of aliphatic hydroxyl groups excluding tert-OH is 1. The highest BCUT2D eigenvalue weighted by Crippen LogP contribution is 2.50. The molecule has 2 aliphatic rings. The molecule has 1 N–H and O–H groups in total. The Kier molecular flexibility index (Phi) is 5.41. The molecule has 1 aliphatic heterocycles. The first-order valence-corrected chi connectivity index (χ1v) is 8.13. The summed E-state index contributed by atoms with van der Waals surface area (Å²) in [6, 6.07) is 6.10. The molecule has 0 radical (unpaired) electrons. The van der Waals surface area contributed by atoms with Gasteiger partial charge in [0.1, 0.15) is 5.75 Å². The molecule has 0 amide bonds. The number of hydrogen-bond acceptors (Lipinski definition) is 3. The van der Waals surface area contributed by atoms with Crippen LogP contribution in [0.15, 0.2) is 18.2 Å². The van der Waals surface area contributed by atoms with Gasteiger partial charge in [-0.2, -0.15) is 0 Å². The Labute approximate surface area is 140 Å². The molecular formula is C18H28ClNO2. The minimum Gasteiger partial charge on any atom is -0.497 e. The van der Waals surface area contributed by atoms with E-state index in [4.69, 9.17) is 4.74 Å². The molecule has 0 saturated carbocycles. The average molecular weight is 326 g/mol. The first-order valence-electron chi connectivity index (χ1n) is 8.13. The van der Waals surface area contributed by atoms with Crippen molar-refractivity contribution in [1.82, 2.24) is 4.90 Å². The van der Waals surface area contributed by atoms with Crippen molar-refractivity contribution in [3.8, 4) is 5.75 Å². The van der Waals surface area contributed by atoms with E-state index in [0.717, 1.165) is 17.9 Å². The Morgan fingerprint density at radius 1 is 1.23 bits per heavy atom. The van der Waals surface area contributed by atoms with E-state index >= 15 is 0 Å². The molecule has 1 aromatic carbocycles. The molecule has 0 spiro atoms. The SMILES string of the molecule is COc1ccc2c(c1)C(C)(C)C(CN1CCCCC1)C2O.Cl. The average Bonchev–Trinajstić information content (AvgIpc) is 2.69. The van der Waals surface area contributed by atoms with Gasteiger partial charge in [0.05, 0.1) is 13.2 Å². The molecule has 3 nitrogen and oxygen atoms in total. The van der Waals surface area contributed by atoms with Crippen LogP contribution in [0.4, 0.5) is 0 Å². The van der Waals surface area contributed by atoms with E-state index in [1.807, 2.05) is 12.1 Å². The molecule has 2 atom stereocenters. The molecule has 0 bridgehead atoms. The number of fused-ring (bicyclic) bond motifs is 1. The van der Waals surface area contributed by atoms with Crippen molar-refractivity contribution in [2.45, 2.75) is 44.6 Å². The van der Waals surface area contributed by atoms with Crippen molar-refractivity contribution in [2.24, 2.45) is 5.92 Å². The minimum atomic E-state index is -0.358. The number of rotatable bonds is 3. The van der Waals surface area contributed by atoms with Crippen LogP contribution in [0.3, 0.4) is 0 Å². The Hall–Kier alpha value is -0.770. The van der Waals surface area contributed by atoms with E-state index in [1.165, 1.54) is 37.9 Å². The maximum Gasteiger partial charge on any atom is 0.119 e. The van der Waals surface area contributed by atoms with Crippen LogP contribution in [0.2, 0.25) is 0 Å². The molecule has 3 rings (SSSR count). The summed E-state index contributed by atoms with van der Waals surface area (Å²) in [7, 11) is 1.70. The van der Waals surface area contributed by atoms with Gasteiger partial charge in [0.15, 0.2) is 0 Å². The van der Waals surface area contributed by atoms with Crippen LogP contribution < -0.4 is 4.74 Å². The number of aliphatic hydroxyl groups is 1. The van der Waals surface area contributed by atoms with Crippen molar-refractivity contribution < 1.29 is 9.84 Å². The summed E-state index contributed by atoms with van der Waals surface area (Å²) in [5.74, 6) is 1.14. The van der Waals surface area contributed by atoms with Crippen LogP contribution in [0.25, 0.3) is 0 Å². The number of hydrogen-bond donors (Lipinski definition) is 1. The summed E-state index contributed by atoms with van der Waals surface area (Å²) < 4.78 is 5.36. The molecule has 1 heterocycles.